The first-order valence-electron chi connectivity index (χ1n) is 11.4. The van der Waals surface area contributed by atoms with Gasteiger partial charge in [-0.3, -0.25) is 14.4 Å². The van der Waals surface area contributed by atoms with Crippen molar-refractivity contribution in [3.8, 4) is 11.1 Å². The van der Waals surface area contributed by atoms with Crippen molar-refractivity contribution in [2.45, 2.75) is 5.92 Å². The molecule has 1 aliphatic heterocycles. The maximum atomic E-state index is 12.2. The Bertz CT molecular complexity index is 1070. The molecule has 0 saturated carbocycles. The van der Waals surface area contributed by atoms with E-state index >= 15 is 0 Å². The van der Waals surface area contributed by atoms with Gasteiger partial charge in [-0.05, 0) is 22.3 Å². The predicted molar refractivity (Wildman–Crippen MR) is 125 cm³/mol. The SMILES string of the molecule is O=C(O)CN1CCN(C(=O)COCCNC(=O)OCC2c3ccccc3-c3ccccc32)CC1=O. The number of ether oxygens (including phenoxy) is 2. The Morgan fingerprint density at radius 2 is 1.66 bits per heavy atom. The summed E-state index contributed by atoms with van der Waals surface area (Å²) in [5.74, 6) is -1.90. The molecule has 184 valence electrons. The molecule has 10 heteroatoms. The largest absolute Gasteiger partial charge is 0.480 e. The maximum Gasteiger partial charge on any atom is 0.407 e. The van der Waals surface area contributed by atoms with E-state index in [1.165, 1.54) is 9.80 Å². The lowest BCUT2D eigenvalue weighted by Crippen LogP contribution is -2.54. The molecule has 1 fully saturated rings. The minimum Gasteiger partial charge on any atom is -0.480 e. The zero-order valence-electron chi connectivity index (χ0n) is 19.1. The van der Waals surface area contributed by atoms with Crippen molar-refractivity contribution in [2.75, 3.05) is 52.5 Å². The first kappa shape index (κ1) is 24.2. The highest BCUT2D eigenvalue weighted by atomic mass is 16.5. The zero-order chi connectivity index (χ0) is 24.8. The van der Waals surface area contributed by atoms with E-state index in [4.69, 9.17) is 14.6 Å². The number of nitrogens with one attached hydrogen (secondary N) is 1. The Balaban J connectivity index is 1.15. The number of nitrogens with zero attached hydrogens (tertiary/aromatic N) is 2. The lowest BCUT2D eigenvalue weighted by Gasteiger charge is -2.33. The van der Waals surface area contributed by atoms with Crippen molar-refractivity contribution in [3.05, 3.63) is 59.7 Å². The molecule has 1 saturated heterocycles. The second-order valence-corrected chi connectivity index (χ2v) is 8.33. The van der Waals surface area contributed by atoms with Crippen LogP contribution in [-0.4, -0.2) is 91.3 Å². The van der Waals surface area contributed by atoms with Crippen LogP contribution in [0.25, 0.3) is 11.1 Å². The summed E-state index contributed by atoms with van der Waals surface area (Å²) in [7, 11) is 0. The molecule has 3 amide bonds. The van der Waals surface area contributed by atoms with Gasteiger partial charge in [0, 0.05) is 25.6 Å². The number of amides is 3. The molecule has 2 aliphatic rings. The summed E-state index contributed by atoms with van der Waals surface area (Å²) in [6.07, 6.45) is -0.568. The number of carbonyl (C=O) groups is 4. The summed E-state index contributed by atoms with van der Waals surface area (Å²) in [5, 5.41) is 11.4. The number of benzene rings is 2. The second-order valence-electron chi connectivity index (χ2n) is 8.33. The number of piperazine rings is 1. The highest BCUT2D eigenvalue weighted by molar-refractivity contribution is 5.88. The third-order valence-electron chi connectivity index (χ3n) is 6.08. The molecule has 0 aromatic heterocycles. The molecule has 2 aromatic carbocycles. The number of carbonyl (C=O) groups excluding carboxylic acids is 3. The van der Waals surface area contributed by atoms with Gasteiger partial charge in [-0.1, -0.05) is 48.5 Å². The molecule has 0 bridgehead atoms. The number of rotatable bonds is 9. The van der Waals surface area contributed by atoms with Gasteiger partial charge in [0.15, 0.2) is 0 Å². The summed E-state index contributed by atoms with van der Waals surface area (Å²) in [4.78, 5) is 49.6. The van der Waals surface area contributed by atoms with Gasteiger partial charge < -0.3 is 29.7 Å². The van der Waals surface area contributed by atoms with E-state index in [0.29, 0.717) is 0 Å². The first-order valence-corrected chi connectivity index (χ1v) is 11.4. The lowest BCUT2D eigenvalue weighted by atomic mass is 9.98. The topological polar surface area (TPSA) is 125 Å². The fourth-order valence-corrected chi connectivity index (χ4v) is 4.38. The van der Waals surface area contributed by atoms with E-state index in [9.17, 15) is 19.2 Å². The molecule has 0 unspecified atom stereocenters. The molecule has 1 heterocycles. The zero-order valence-corrected chi connectivity index (χ0v) is 19.1. The highest BCUT2D eigenvalue weighted by Crippen LogP contribution is 2.44. The van der Waals surface area contributed by atoms with Gasteiger partial charge in [-0.15, -0.1) is 0 Å². The van der Waals surface area contributed by atoms with Crippen LogP contribution in [0.1, 0.15) is 17.0 Å². The fourth-order valence-electron chi connectivity index (χ4n) is 4.38. The number of hydrogen-bond acceptors (Lipinski definition) is 6. The van der Waals surface area contributed by atoms with Crippen molar-refractivity contribution < 1.29 is 33.8 Å². The van der Waals surface area contributed by atoms with Crippen LogP contribution in [-0.2, 0) is 23.9 Å². The Hall–Kier alpha value is -3.92. The molecule has 10 nitrogen and oxygen atoms in total. The van der Waals surface area contributed by atoms with Crippen molar-refractivity contribution in [1.82, 2.24) is 15.1 Å². The smallest absolute Gasteiger partial charge is 0.407 e. The van der Waals surface area contributed by atoms with Crippen molar-refractivity contribution in [2.24, 2.45) is 0 Å². The number of carboxylic acid groups (broad SMARTS) is 1. The second kappa shape index (κ2) is 11.0. The van der Waals surface area contributed by atoms with E-state index < -0.39 is 18.0 Å². The Morgan fingerprint density at radius 3 is 2.29 bits per heavy atom. The normalized spacial score (nSPS) is 14.9. The average molecular weight is 482 g/mol. The third-order valence-corrected chi connectivity index (χ3v) is 6.08. The number of carboxylic acids is 1. The first-order chi connectivity index (χ1) is 16.9. The van der Waals surface area contributed by atoms with Crippen molar-refractivity contribution in [1.29, 1.82) is 0 Å². The van der Waals surface area contributed by atoms with E-state index in [1.54, 1.807) is 0 Å². The van der Waals surface area contributed by atoms with Gasteiger partial charge in [-0.25, -0.2) is 4.79 Å². The van der Waals surface area contributed by atoms with Crippen LogP contribution in [0, 0.1) is 0 Å². The third kappa shape index (κ3) is 5.78. The van der Waals surface area contributed by atoms with Crippen LogP contribution in [0.3, 0.4) is 0 Å². The van der Waals surface area contributed by atoms with Gasteiger partial charge in [0.1, 0.15) is 19.8 Å². The molecule has 1 aliphatic carbocycles. The fraction of sp³-hybridized carbons (Fsp3) is 0.360. The van der Waals surface area contributed by atoms with Gasteiger partial charge in [0.25, 0.3) is 0 Å². The molecular weight excluding hydrogens is 454 g/mol. The standard InChI is InChI=1S/C25H27N3O7/c29-22-13-27(10-11-28(22)14-24(31)32)23(30)16-34-12-9-26-25(33)35-15-21-19-7-3-1-5-17(19)18-6-2-4-8-20(18)21/h1-8,21H,9-16H2,(H,26,33)(H,31,32). The van der Waals surface area contributed by atoms with Crippen molar-refractivity contribution in [3.63, 3.8) is 0 Å². The predicted octanol–water partition coefficient (Wildman–Crippen LogP) is 1.30. The minimum atomic E-state index is -1.09. The molecular formula is C25H27N3O7. The molecule has 0 atom stereocenters. The van der Waals surface area contributed by atoms with E-state index in [1.807, 2.05) is 36.4 Å². The summed E-state index contributed by atoms with van der Waals surface area (Å²) < 4.78 is 10.8. The van der Waals surface area contributed by atoms with Crippen LogP contribution in [0.15, 0.2) is 48.5 Å². The molecule has 4 rings (SSSR count). The van der Waals surface area contributed by atoms with Crippen LogP contribution in [0.4, 0.5) is 4.79 Å². The van der Waals surface area contributed by atoms with Gasteiger partial charge in [0.05, 0.1) is 13.2 Å². The quantitative estimate of drug-likeness (QED) is 0.517. The summed E-state index contributed by atoms with van der Waals surface area (Å²) >= 11 is 0. The number of aliphatic carboxylic acids is 1. The van der Waals surface area contributed by atoms with Gasteiger partial charge in [0.2, 0.25) is 11.8 Å². The van der Waals surface area contributed by atoms with Gasteiger partial charge in [-0.2, -0.15) is 0 Å². The molecule has 0 radical (unpaired) electrons. The Kier molecular flexibility index (Phi) is 7.61. The lowest BCUT2D eigenvalue weighted by molar-refractivity contribution is -0.151. The number of alkyl carbamates (subject to hydrolysis) is 1. The van der Waals surface area contributed by atoms with Crippen LogP contribution >= 0.6 is 0 Å². The summed E-state index contributed by atoms with van der Waals surface area (Å²) in [6.45, 7) is 0.101. The summed E-state index contributed by atoms with van der Waals surface area (Å²) in [5.41, 5.74) is 4.57. The Morgan fingerprint density at radius 1 is 1.00 bits per heavy atom. The molecule has 2 aromatic rings. The highest BCUT2D eigenvalue weighted by Gasteiger charge is 2.29. The maximum absolute atomic E-state index is 12.2. The average Bonchev–Trinajstić information content (AvgIpc) is 3.17. The monoisotopic (exact) mass is 481 g/mol. The minimum absolute atomic E-state index is 0.0271. The molecule has 2 N–H and O–H groups in total. The molecule has 0 spiro atoms. The molecule has 35 heavy (non-hydrogen) atoms. The number of hydrogen-bond donors (Lipinski definition) is 2. The van der Waals surface area contributed by atoms with Crippen LogP contribution < -0.4 is 5.32 Å². The van der Waals surface area contributed by atoms with Crippen LogP contribution in [0.5, 0.6) is 0 Å². The van der Waals surface area contributed by atoms with Crippen molar-refractivity contribution >= 4 is 23.9 Å². The Labute approximate surface area is 202 Å². The summed E-state index contributed by atoms with van der Waals surface area (Å²) in [6, 6.07) is 16.2. The van der Waals surface area contributed by atoms with E-state index in [0.717, 1.165) is 22.3 Å². The van der Waals surface area contributed by atoms with Crippen LogP contribution in [0.2, 0.25) is 0 Å². The number of fused-ring (bicyclic) bond motifs is 3. The van der Waals surface area contributed by atoms with Gasteiger partial charge >= 0.3 is 12.1 Å². The van der Waals surface area contributed by atoms with E-state index in [-0.39, 0.29) is 64.4 Å². The van der Waals surface area contributed by atoms with E-state index in [2.05, 4.69) is 17.4 Å².